The summed E-state index contributed by atoms with van der Waals surface area (Å²) in [6, 6.07) is 25.2. The van der Waals surface area contributed by atoms with Crippen molar-refractivity contribution >= 4 is 40.1 Å². The number of esters is 1. The Balaban J connectivity index is 1.52. The van der Waals surface area contributed by atoms with E-state index in [-0.39, 0.29) is 5.91 Å². The van der Waals surface area contributed by atoms with E-state index in [1.165, 1.54) is 13.8 Å². The number of hydrogen-bond acceptors (Lipinski definition) is 5. The molecule has 0 saturated heterocycles. The molecule has 1 heterocycles. The van der Waals surface area contributed by atoms with Gasteiger partial charge in [0.25, 0.3) is 5.91 Å². The molecule has 0 bridgehead atoms. The van der Waals surface area contributed by atoms with Crippen LogP contribution in [0, 0.1) is 0 Å². The summed E-state index contributed by atoms with van der Waals surface area (Å²) in [7, 11) is 0. The number of pyridine rings is 1. The molecular formula is C27H23N3O4. The molecule has 7 nitrogen and oxygen atoms in total. The van der Waals surface area contributed by atoms with E-state index in [1.807, 2.05) is 48.5 Å². The molecule has 0 aliphatic carbocycles. The van der Waals surface area contributed by atoms with Gasteiger partial charge in [-0.05, 0) is 43.3 Å². The molecule has 0 aliphatic heterocycles. The smallest absolute Gasteiger partial charge is 0.339 e. The van der Waals surface area contributed by atoms with Crippen LogP contribution in [0.2, 0.25) is 0 Å². The van der Waals surface area contributed by atoms with Crippen molar-refractivity contribution in [1.29, 1.82) is 0 Å². The van der Waals surface area contributed by atoms with Crippen molar-refractivity contribution in [2.75, 3.05) is 10.6 Å². The highest BCUT2D eigenvalue weighted by atomic mass is 16.5. The van der Waals surface area contributed by atoms with Crippen LogP contribution in [0.15, 0.2) is 84.9 Å². The Hall–Kier alpha value is -4.52. The number of carbonyl (C=O) groups excluding carboxylic acids is 3. The van der Waals surface area contributed by atoms with Gasteiger partial charge in [0, 0.05) is 29.2 Å². The molecule has 3 aromatic carbocycles. The number of para-hydroxylation sites is 1. The molecule has 0 fully saturated rings. The first kappa shape index (κ1) is 22.7. The average molecular weight is 453 g/mol. The van der Waals surface area contributed by atoms with Crippen LogP contribution >= 0.6 is 0 Å². The molecule has 170 valence electrons. The quantitative estimate of drug-likeness (QED) is 0.399. The first-order chi connectivity index (χ1) is 16.4. The minimum absolute atomic E-state index is 0.184. The van der Waals surface area contributed by atoms with Crippen molar-refractivity contribution < 1.29 is 19.1 Å². The van der Waals surface area contributed by atoms with E-state index in [9.17, 15) is 14.4 Å². The molecule has 4 rings (SSSR count). The number of hydrogen-bond donors (Lipinski definition) is 2. The fraction of sp³-hybridized carbons (Fsp3) is 0.111. The van der Waals surface area contributed by atoms with Gasteiger partial charge in [-0.15, -0.1) is 0 Å². The van der Waals surface area contributed by atoms with Gasteiger partial charge < -0.3 is 15.4 Å². The number of carbonyl (C=O) groups is 3. The summed E-state index contributed by atoms with van der Waals surface area (Å²) < 4.78 is 5.51. The molecule has 0 spiro atoms. The first-order valence-electron chi connectivity index (χ1n) is 10.8. The predicted molar refractivity (Wildman–Crippen MR) is 131 cm³/mol. The predicted octanol–water partition coefficient (Wildman–Crippen LogP) is 5.04. The first-order valence-corrected chi connectivity index (χ1v) is 10.8. The van der Waals surface area contributed by atoms with E-state index in [0.717, 1.165) is 5.56 Å². The standard InChI is InChI=1S/C27H23N3O4/c1-17(26(32)29-21-14-12-20(13-15-21)28-18(2)31)34-27(33)23-16-25(19-8-4-3-5-9-19)30-24-11-7-6-10-22(23)24/h3-17H,1-2H3,(H,28,31)(H,29,32). The zero-order valence-electron chi connectivity index (χ0n) is 18.7. The van der Waals surface area contributed by atoms with Crippen LogP contribution in [0.4, 0.5) is 11.4 Å². The SMILES string of the molecule is CC(=O)Nc1ccc(NC(=O)C(C)OC(=O)c2cc(-c3ccccc3)nc3ccccc23)cc1. The summed E-state index contributed by atoms with van der Waals surface area (Å²) in [6.07, 6.45) is -1.03. The van der Waals surface area contributed by atoms with Crippen LogP contribution in [0.25, 0.3) is 22.2 Å². The highest BCUT2D eigenvalue weighted by Gasteiger charge is 2.22. The van der Waals surface area contributed by atoms with Gasteiger partial charge >= 0.3 is 5.97 Å². The average Bonchev–Trinajstić information content (AvgIpc) is 2.84. The number of amides is 2. The lowest BCUT2D eigenvalue weighted by molar-refractivity contribution is -0.123. The van der Waals surface area contributed by atoms with Gasteiger partial charge in [-0.2, -0.15) is 0 Å². The molecule has 0 aliphatic rings. The van der Waals surface area contributed by atoms with Crippen LogP contribution in [0.1, 0.15) is 24.2 Å². The Morgan fingerprint density at radius 1 is 0.824 bits per heavy atom. The van der Waals surface area contributed by atoms with Crippen LogP contribution < -0.4 is 10.6 Å². The van der Waals surface area contributed by atoms with Crippen molar-refractivity contribution in [2.24, 2.45) is 0 Å². The molecule has 1 aromatic heterocycles. The Labute approximate surface area is 196 Å². The summed E-state index contributed by atoms with van der Waals surface area (Å²) in [4.78, 5) is 41.5. The summed E-state index contributed by atoms with van der Waals surface area (Å²) in [5, 5.41) is 6.02. The number of nitrogens with zero attached hydrogens (tertiary/aromatic N) is 1. The van der Waals surface area contributed by atoms with E-state index in [4.69, 9.17) is 4.74 Å². The van der Waals surface area contributed by atoms with Gasteiger partial charge in [-0.25, -0.2) is 9.78 Å². The molecule has 34 heavy (non-hydrogen) atoms. The monoisotopic (exact) mass is 453 g/mol. The number of aromatic nitrogens is 1. The second-order valence-electron chi connectivity index (χ2n) is 7.73. The zero-order chi connectivity index (χ0) is 24.1. The number of fused-ring (bicyclic) bond motifs is 1. The Bertz CT molecular complexity index is 1350. The van der Waals surface area contributed by atoms with Gasteiger partial charge in [0.15, 0.2) is 6.10 Å². The topological polar surface area (TPSA) is 97.4 Å². The zero-order valence-corrected chi connectivity index (χ0v) is 18.7. The fourth-order valence-electron chi connectivity index (χ4n) is 3.46. The van der Waals surface area contributed by atoms with Gasteiger partial charge in [0.05, 0.1) is 16.8 Å². The minimum atomic E-state index is -1.03. The lowest BCUT2D eigenvalue weighted by Crippen LogP contribution is -2.30. The second-order valence-corrected chi connectivity index (χ2v) is 7.73. The number of anilines is 2. The molecule has 2 amide bonds. The Kier molecular flexibility index (Phi) is 6.64. The molecule has 0 radical (unpaired) electrons. The lowest BCUT2D eigenvalue weighted by Gasteiger charge is -2.15. The molecule has 7 heteroatoms. The van der Waals surface area contributed by atoms with Crippen LogP contribution in [0.3, 0.4) is 0 Å². The molecule has 1 unspecified atom stereocenters. The minimum Gasteiger partial charge on any atom is -0.449 e. The van der Waals surface area contributed by atoms with E-state index in [1.54, 1.807) is 36.4 Å². The number of ether oxygens (including phenoxy) is 1. The van der Waals surface area contributed by atoms with Gasteiger partial charge in [0.1, 0.15) is 0 Å². The third kappa shape index (κ3) is 5.27. The van der Waals surface area contributed by atoms with Gasteiger partial charge in [-0.1, -0.05) is 48.5 Å². The van der Waals surface area contributed by atoms with Crippen LogP contribution in [-0.4, -0.2) is 28.9 Å². The largest absolute Gasteiger partial charge is 0.449 e. The summed E-state index contributed by atoms with van der Waals surface area (Å²) >= 11 is 0. The van der Waals surface area contributed by atoms with Crippen molar-refractivity contribution in [1.82, 2.24) is 4.98 Å². The molecule has 1 atom stereocenters. The fourth-order valence-corrected chi connectivity index (χ4v) is 3.46. The number of nitrogens with one attached hydrogen (secondary N) is 2. The third-order valence-electron chi connectivity index (χ3n) is 5.13. The third-order valence-corrected chi connectivity index (χ3v) is 5.13. The van der Waals surface area contributed by atoms with Crippen LogP contribution in [0.5, 0.6) is 0 Å². The molecule has 2 N–H and O–H groups in total. The second kappa shape index (κ2) is 9.95. The summed E-state index contributed by atoms with van der Waals surface area (Å²) in [6.45, 7) is 2.93. The van der Waals surface area contributed by atoms with Crippen molar-refractivity contribution in [2.45, 2.75) is 20.0 Å². The number of benzene rings is 3. The van der Waals surface area contributed by atoms with Crippen LogP contribution in [-0.2, 0) is 14.3 Å². The summed E-state index contributed by atoms with van der Waals surface area (Å²) in [5.74, 6) is -1.27. The highest BCUT2D eigenvalue weighted by molar-refractivity contribution is 6.06. The van der Waals surface area contributed by atoms with E-state index in [0.29, 0.717) is 33.5 Å². The maximum atomic E-state index is 13.1. The Morgan fingerprint density at radius 2 is 1.44 bits per heavy atom. The number of rotatable bonds is 6. The van der Waals surface area contributed by atoms with Crippen molar-refractivity contribution in [3.05, 3.63) is 90.5 Å². The van der Waals surface area contributed by atoms with Gasteiger partial charge in [-0.3, -0.25) is 9.59 Å². The van der Waals surface area contributed by atoms with E-state index in [2.05, 4.69) is 15.6 Å². The maximum Gasteiger partial charge on any atom is 0.339 e. The van der Waals surface area contributed by atoms with E-state index >= 15 is 0 Å². The molecule has 0 saturated carbocycles. The summed E-state index contributed by atoms with van der Waals surface area (Å²) in [5.41, 5.74) is 3.64. The maximum absolute atomic E-state index is 13.1. The van der Waals surface area contributed by atoms with Gasteiger partial charge in [0.2, 0.25) is 5.91 Å². The lowest BCUT2D eigenvalue weighted by atomic mass is 10.0. The van der Waals surface area contributed by atoms with Crippen molar-refractivity contribution in [3.8, 4) is 11.3 Å². The van der Waals surface area contributed by atoms with Crippen molar-refractivity contribution in [3.63, 3.8) is 0 Å². The normalized spacial score (nSPS) is 11.5. The van der Waals surface area contributed by atoms with E-state index < -0.39 is 18.0 Å². The Morgan fingerprint density at radius 3 is 2.12 bits per heavy atom. The molecule has 4 aromatic rings. The highest BCUT2D eigenvalue weighted by Crippen LogP contribution is 2.25. The molecular weight excluding hydrogens is 430 g/mol.